The van der Waals surface area contributed by atoms with E-state index in [1.54, 1.807) is 30.3 Å². The van der Waals surface area contributed by atoms with Crippen LogP contribution in [0.2, 0.25) is 0 Å². The molecule has 2 N–H and O–H groups in total. The summed E-state index contributed by atoms with van der Waals surface area (Å²) in [4.78, 5) is 25.0. The maximum Gasteiger partial charge on any atom is 0.271 e. The molecule has 1 aromatic carbocycles. The van der Waals surface area contributed by atoms with Crippen LogP contribution < -0.4 is 10.2 Å². The van der Waals surface area contributed by atoms with Crippen molar-refractivity contribution in [2.75, 3.05) is 39.4 Å². The summed E-state index contributed by atoms with van der Waals surface area (Å²) in [6.07, 6.45) is 1.52. The molecule has 2 aromatic heterocycles. The summed E-state index contributed by atoms with van der Waals surface area (Å²) in [5.74, 6) is 0.200. The van der Waals surface area contributed by atoms with Gasteiger partial charge in [-0.3, -0.25) is 14.9 Å². The highest BCUT2D eigenvalue weighted by atomic mass is 16.6. The molecule has 0 unspecified atom stereocenters. The lowest BCUT2D eigenvalue weighted by molar-refractivity contribution is -0.906. The van der Waals surface area contributed by atoms with Crippen LogP contribution in [0.5, 0.6) is 0 Å². The first-order valence-corrected chi connectivity index (χ1v) is 9.70. The Morgan fingerprint density at radius 3 is 2.80 bits per heavy atom. The van der Waals surface area contributed by atoms with Crippen molar-refractivity contribution in [3.63, 3.8) is 0 Å². The molecule has 0 atom stereocenters. The maximum absolute atomic E-state index is 12.9. The molecule has 0 radical (unpaired) electrons. The molecule has 10 nitrogen and oxygen atoms in total. The molecule has 0 bridgehead atoms. The van der Waals surface area contributed by atoms with E-state index in [0.29, 0.717) is 23.7 Å². The third kappa shape index (κ3) is 4.39. The summed E-state index contributed by atoms with van der Waals surface area (Å²) in [7, 11) is 0. The van der Waals surface area contributed by atoms with Crippen molar-refractivity contribution in [3.8, 4) is 17.1 Å². The standard InChI is InChI=1S/C20H21N5O5/c26-20(21-6-7-23-8-11-29-12-9-23)18-14-17(19-5-2-10-30-19)22-24(18)15-3-1-4-16(13-15)25(27)28/h1-5,10,13-14H,6-9,11-12H2,(H,21,26)/p+1. The molecule has 3 heterocycles. The van der Waals surface area contributed by atoms with Gasteiger partial charge >= 0.3 is 0 Å². The molecule has 10 heteroatoms. The maximum atomic E-state index is 12.9. The van der Waals surface area contributed by atoms with Gasteiger partial charge in [0.1, 0.15) is 24.5 Å². The van der Waals surface area contributed by atoms with Gasteiger partial charge in [0.05, 0.1) is 43.2 Å². The lowest BCUT2D eigenvalue weighted by atomic mass is 10.2. The average molecular weight is 412 g/mol. The number of benzene rings is 1. The number of carbonyl (C=O) groups excluding carboxylic acids is 1. The number of hydrogen-bond acceptors (Lipinski definition) is 6. The average Bonchev–Trinajstić information content (AvgIpc) is 3.44. The molecule has 1 aliphatic heterocycles. The number of non-ortho nitro benzene ring substituents is 1. The van der Waals surface area contributed by atoms with Crippen LogP contribution in [0.4, 0.5) is 5.69 Å². The number of amides is 1. The van der Waals surface area contributed by atoms with Gasteiger partial charge in [0, 0.05) is 18.2 Å². The molecule has 0 spiro atoms. The first kappa shape index (κ1) is 19.8. The van der Waals surface area contributed by atoms with Crippen LogP contribution in [0, 0.1) is 10.1 Å². The number of furan rings is 1. The number of ether oxygens (including phenoxy) is 1. The Morgan fingerprint density at radius 1 is 1.23 bits per heavy atom. The summed E-state index contributed by atoms with van der Waals surface area (Å²) in [6, 6.07) is 11.1. The van der Waals surface area contributed by atoms with E-state index in [0.717, 1.165) is 32.8 Å². The number of aromatic nitrogens is 2. The van der Waals surface area contributed by atoms with Crippen molar-refractivity contribution in [2.45, 2.75) is 0 Å². The molecular weight excluding hydrogens is 390 g/mol. The van der Waals surface area contributed by atoms with Crippen LogP contribution >= 0.6 is 0 Å². The number of carbonyl (C=O) groups is 1. The Balaban J connectivity index is 1.58. The summed E-state index contributed by atoms with van der Waals surface area (Å²) in [5.41, 5.74) is 1.09. The molecule has 1 amide bonds. The number of nitro benzene ring substituents is 1. The number of nitro groups is 1. The van der Waals surface area contributed by atoms with E-state index in [1.807, 2.05) is 0 Å². The minimum absolute atomic E-state index is 0.0789. The van der Waals surface area contributed by atoms with Gasteiger partial charge in [0.25, 0.3) is 11.6 Å². The number of quaternary nitrogens is 1. The molecule has 156 valence electrons. The van der Waals surface area contributed by atoms with Gasteiger partial charge in [0.15, 0.2) is 5.76 Å². The van der Waals surface area contributed by atoms with Crippen molar-refractivity contribution in [1.82, 2.24) is 15.1 Å². The van der Waals surface area contributed by atoms with E-state index in [4.69, 9.17) is 9.15 Å². The fourth-order valence-electron chi connectivity index (χ4n) is 3.38. The smallest absolute Gasteiger partial charge is 0.271 e. The van der Waals surface area contributed by atoms with Crippen LogP contribution in [0.1, 0.15) is 10.5 Å². The summed E-state index contributed by atoms with van der Waals surface area (Å²) in [6.45, 7) is 4.61. The Kier molecular flexibility index (Phi) is 5.87. The topological polar surface area (TPSA) is 117 Å². The Labute approximate surface area is 172 Å². The van der Waals surface area contributed by atoms with Crippen molar-refractivity contribution < 1.29 is 23.8 Å². The van der Waals surface area contributed by atoms with E-state index < -0.39 is 4.92 Å². The second-order valence-corrected chi connectivity index (χ2v) is 6.95. The Hall–Kier alpha value is -3.50. The number of morpholine rings is 1. The van der Waals surface area contributed by atoms with Crippen molar-refractivity contribution in [1.29, 1.82) is 0 Å². The molecule has 30 heavy (non-hydrogen) atoms. The highest BCUT2D eigenvalue weighted by Crippen LogP contribution is 2.24. The van der Waals surface area contributed by atoms with Gasteiger partial charge in [-0.25, -0.2) is 4.68 Å². The first-order valence-electron chi connectivity index (χ1n) is 9.70. The molecule has 1 aliphatic rings. The molecule has 4 rings (SSSR count). The zero-order chi connectivity index (χ0) is 20.9. The minimum Gasteiger partial charge on any atom is -0.463 e. The predicted molar refractivity (Wildman–Crippen MR) is 107 cm³/mol. The fraction of sp³-hybridized carbons (Fsp3) is 0.300. The minimum atomic E-state index is -0.481. The highest BCUT2D eigenvalue weighted by molar-refractivity contribution is 5.94. The molecular formula is C20H22N5O5+. The molecule has 0 saturated carbocycles. The van der Waals surface area contributed by atoms with Gasteiger partial charge in [-0.2, -0.15) is 5.10 Å². The van der Waals surface area contributed by atoms with Gasteiger partial charge in [-0.1, -0.05) is 6.07 Å². The largest absolute Gasteiger partial charge is 0.463 e. The van der Waals surface area contributed by atoms with Gasteiger partial charge in [-0.05, 0) is 18.2 Å². The lowest BCUT2D eigenvalue weighted by Gasteiger charge is -2.23. The van der Waals surface area contributed by atoms with Crippen LogP contribution in [-0.4, -0.2) is 60.0 Å². The molecule has 1 saturated heterocycles. The number of rotatable bonds is 7. The van der Waals surface area contributed by atoms with Crippen LogP contribution in [0.25, 0.3) is 17.1 Å². The second-order valence-electron chi connectivity index (χ2n) is 6.95. The van der Waals surface area contributed by atoms with Crippen molar-refractivity contribution in [2.24, 2.45) is 0 Å². The number of nitrogens with zero attached hydrogens (tertiary/aromatic N) is 3. The normalized spacial score (nSPS) is 14.5. The zero-order valence-corrected chi connectivity index (χ0v) is 16.2. The SMILES string of the molecule is O=C(NCC[NH+]1CCOCC1)c1cc(-c2ccco2)nn1-c1cccc([N+](=O)[O-])c1. The summed E-state index contributed by atoms with van der Waals surface area (Å²) >= 11 is 0. The van der Waals surface area contributed by atoms with E-state index in [-0.39, 0.29) is 17.3 Å². The Bertz CT molecular complexity index is 1020. The molecule has 3 aromatic rings. The zero-order valence-electron chi connectivity index (χ0n) is 16.2. The number of nitrogens with one attached hydrogen (secondary N) is 2. The molecule has 1 fully saturated rings. The third-order valence-corrected chi connectivity index (χ3v) is 4.96. The fourth-order valence-corrected chi connectivity index (χ4v) is 3.38. The van der Waals surface area contributed by atoms with Gasteiger partial charge < -0.3 is 19.4 Å². The molecule has 0 aliphatic carbocycles. The van der Waals surface area contributed by atoms with E-state index in [2.05, 4.69) is 10.4 Å². The monoisotopic (exact) mass is 412 g/mol. The first-order chi connectivity index (χ1) is 14.6. The van der Waals surface area contributed by atoms with Crippen LogP contribution in [-0.2, 0) is 4.74 Å². The lowest BCUT2D eigenvalue weighted by Crippen LogP contribution is -3.14. The van der Waals surface area contributed by atoms with Gasteiger partial charge in [-0.15, -0.1) is 0 Å². The summed E-state index contributed by atoms with van der Waals surface area (Å²) in [5, 5.41) is 18.5. The van der Waals surface area contributed by atoms with Crippen molar-refractivity contribution in [3.05, 3.63) is 64.5 Å². The highest BCUT2D eigenvalue weighted by Gasteiger charge is 2.21. The number of hydrogen-bond donors (Lipinski definition) is 2. The van der Waals surface area contributed by atoms with Crippen LogP contribution in [0.15, 0.2) is 53.1 Å². The summed E-state index contributed by atoms with van der Waals surface area (Å²) < 4.78 is 12.1. The third-order valence-electron chi connectivity index (χ3n) is 4.96. The second kappa shape index (κ2) is 8.89. The van der Waals surface area contributed by atoms with Crippen LogP contribution in [0.3, 0.4) is 0 Å². The van der Waals surface area contributed by atoms with Gasteiger partial charge in [0.2, 0.25) is 0 Å². The van der Waals surface area contributed by atoms with E-state index in [9.17, 15) is 14.9 Å². The Morgan fingerprint density at radius 2 is 2.07 bits per heavy atom. The van der Waals surface area contributed by atoms with E-state index >= 15 is 0 Å². The van der Waals surface area contributed by atoms with Crippen molar-refractivity contribution >= 4 is 11.6 Å². The predicted octanol–water partition coefficient (Wildman–Crippen LogP) is 0.685. The quantitative estimate of drug-likeness (QED) is 0.436. The van der Waals surface area contributed by atoms with E-state index in [1.165, 1.54) is 28.0 Å².